The molecule has 3 amide bonds. The van der Waals surface area contributed by atoms with Gasteiger partial charge in [-0.15, -0.1) is 28.2 Å². The fourth-order valence-corrected chi connectivity index (χ4v) is 13.1. The average Bonchev–Trinajstić information content (AvgIpc) is 3.83. The molecule has 420 valence electrons. The lowest BCUT2D eigenvalue weighted by molar-refractivity contribution is -0.757. The van der Waals surface area contributed by atoms with Crippen LogP contribution in [0, 0.1) is 50.1 Å². The van der Waals surface area contributed by atoms with Crippen LogP contribution in [0.3, 0.4) is 0 Å². The van der Waals surface area contributed by atoms with E-state index < -0.39 is 40.0 Å². The highest BCUT2D eigenvalue weighted by atomic mass is 35.5. The molecule has 1 spiro atoms. The summed E-state index contributed by atoms with van der Waals surface area (Å²) in [4.78, 5) is 82.3. The lowest BCUT2D eigenvalue weighted by Gasteiger charge is -2.58. The van der Waals surface area contributed by atoms with Gasteiger partial charge in [0.2, 0.25) is 12.3 Å². The quantitative estimate of drug-likeness (QED) is 0.0135. The van der Waals surface area contributed by atoms with Crippen molar-refractivity contribution in [1.29, 1.82) is 0 Å². The molecular formula is C52H71ClF2N5O15P. The van der Waals surface area contributed by atoms with Crippen LogP contribution < -0.4 is 14.8 Å². The summed E-state index contributed by atoms with van der Waals surface area (Å²) in [5, 5.41) is 20.5. The van der Waals surface area contributed by atoms with E-state index in [-0.39, 0.29) is 94.2 Å². The van der Waals surface area contributed by atoms with Gasteiger partial charge in [0.1, 0.15) is 23.2 Å². The maximum atomic E-state index is 15.2. The summed E-state index contributed by atoms with van der Waals surface area (Å²) >= 11 is 5.92. The summed E-state index contributed by atoms with van der Waals surface area (Å²) in [7, 11) is 1.27. The summed E-state index contributed by atoms with van der Waals surface area (Å²) in [6.07, 6.45) is 5.41. The Labute approximate surface area is 448 Å². The Balaban J connectivity index is 0.000000561. The zero-order valence-electron chi connectivity index (χ0n) is 44.0. The molecule has 76 heavy (non-hydrogen) atoms. The Bertz CT molecular complexity index is 2380. The van der Waals surface area contributed by atoms with Crippen LogP contribution in [0.25, 0.3) is 0 Å². The Kier molecular flexibility index (Phi) is 26.0. The van der Waals surface area contributed by atoms with Gasteiger partial charge >= 0.3 is 12.2 Å². The number of ether oxygens (including phenoxy) is 5. The molecule has 1 aliphatic carbocycles. The minimum atomic E-state index is -0.880. The molecule has 3 aliphatic rings. The van der Waals surface area contributed by atoms with Gasteiger partial charge in [-0.3, -0.25) is 14.5 Å². The first-order valence-electron chi connectivity index (χ1n) is 25.5. The van der Waals surface area contributed by atoms with E-state index in [1.54, 1.807) is 7.11 Å². The second kappa shape index (κ2) is 31.7. The summed E-state index contributed by atoms with van der Waals surface area (Å²) in [6, 6.07) is 15.8. The van der Waals surface area contributed by atoms with Crippen molar-refractivity contribution in [3.63, 3.8) is 0 Å². The third kappa shape index (κ3) is 17.4. The van der Waals surface area contributed by atoms with Crippen LogP contribution in [-0.4, -0.2) is 135 Å². The Morgan fingerprint density at radius 1 is 0.882 bits per heavy atom. The normalized spacial score (nSPS) is 19.6. The summed E-state index contributed by atoms with van der Waals surface area (Å²) in [5.41, 5.74) is 3.84. The largest absolute Gasteiger partial charge is 0.508 e. The number of rotatable bonds is 28. The Hall–Kier alpha value is -6.28. The van der Waals surface area contributed by atoms with Gasteiger partial charge in [-0.1, -0.05) is 68.8 Å². The van der Waals surface area contributed by atoms with E-state index in [1.807, 2.05) is 54.8 Å². The lowest BCUT2D eigenvalue weighted by atomic mass is 9.67. The summed E-state index contributed by atoms with van der Waals surface area (Å²) in [5.74, 6) is -1.60. The third-order valence-corrected chi connectivity index (χ3v) is 15.6. The number of hydrogen-bond acceptors (Lipinski definition) is 15. The number of nitrogens with zero attached hydrogens (tertiary/aromatic N) is 4. The molecule has 1 N–H and O–H groups in total. The summed E-state index contributed by atoms with van der Waals surface area (Å²) in [6.45, 7) is 11.8. The lowest BCUT2D eigenvalue weighted by Crippen LogP contribution is -2.73. The molecule has 3 fully saturated rings. The number of nitrogens with one attached hydrogen (secondary N) is 1. The highest BCUT2D eigenvalue weighted by Gasteiger charge is 2.74. The van der Waals surface area contributed by atoms with Crippen molar-refractivity contribution < 1.29 is 71.5 Å². The second-order valence-electron chi connectivity index (χ2n) is 18.2. The van der Waals surface area contributed by atoms with Crippen LogP contribution in [0.4, 0.5) is 18.4 Å². The first kappa shape index (κ1) is 62.3. The van der Waals surface area contributed by atoms with Gasteiger partial charge in [-0.05, 0) is 124 Å². The third-order valence-electron chi connectivity index (χ3n) is 13.2. The standard InChI is InChI=1S/C42H51ClF2N3O8P.C8H14N2O7.C2H6/c1-5-18-46(24-29-12-17-34(53-3)27(2)22-29)40(49)36-31(30-13-10-28(11-14-30)9-8-20-54-38-33(45)16-15-32(44)37(38)43)23-42-26-57(4)25-35(42)47(39(36)42)41(50)55-19-6-7-21-56-48(51)52;11-7-9-3-6-16-8(12)15-4-1-2-5-17-10(13)14;1-2/h10-17,22,31,35-36,39H,5-9,18-21,23-26H2,1-4H3;7H,1-6H2,(H,9,11);1-2H3. The monoisotopic (exact) mass is 1110 g/mol. The zero-order chi connectivity index (χ0) is 55.8. The first-order valence-corrected chi connectivity index (χ1v) is 28.0. The van der Waals surface area contributed by atoms with Crippen LogP contribution in [0.2, 0.25) is 5.02 Å². The fraction of sp³-hybridized carbons (Fsp3) is 0.577. The van der Waals surface area contributed by atoms with Gasteiger partial charge in [-0.25, -0.2) is 18.4 Å². The molecule has 2 heterocycles. The van der Waals surface area contributed by atoms with E-state index in [1.165, 1.54) is 0 Å². The molecule has 2 aliphatic heterocycles. The predicted molar refractivity (Wildman–Crippen MR) is 279 cm³/mol. The Morgan fingerprint density at radius 3 is 2.12 bits per heavy atom. The highest BCUT2D eigenvalue weighted by Crippen LogP contribution is 2.70. The number of carbonyl (C=O) groups excluding carboxylic acids is 4. The van der Waals surface area contributed by atoms with Gasteiger partial charge in [0, 0.05) is 24.5 Å². The molecule has 0 bridgehead atoms. The topological polar surface area (TPSA) is 238 Å². The van der Waals surface area contributed by atoms with E-state index >= 15 is 4.79 Å². The van der Waals surface area contributed by atoms with E-state index in [0.29, 0.717) is 58.0 Å². The first-order chi connectivity index (χ1) is 36.5. The van der Waals surface area contributed by atoms with E-state index in [0.717, 1.165) is 65.3 Å². The molecular weight excluding hydrogens is 1040 g/mol. The van der Waals surface area contributed by atoms with Crippen LogP contribution in [0.15, 0.2) is 54.6 Å². The van der Waals surface area contributed by atoms with Crippen molar-refractivity contribution >= 4 is 44.1 Å². The van der Waals surface area contributed by atoms with E-state index in [9.17, 15) is 43.4 Å². The van der Waals surface area contributed by atoms with Crippen LogP contribution in [0.1, 0.15) is 93.9 Å². The van der Waals surface area contributed by atoms with Gasteiger partial charge in [0.05, 0.1) is 58.6 Å². The highest BCUT2D eigenvalue weighted by molar-refractivity contribution is 7.57. The molecule has 6 rings (SSSR count). The molecule has 1 saturated carbocycles. The fourth-order valence-electron chi connectivity index (χ4n) is 10.1. The number of halogens is 3. The van der Waals surface area contributed by atoms with Gasteiger partial charge in [0.25, 0.3) is 10.2 Å². The number of likely N-dealkylation sites (tertiary alicyclic amines) is 1. The second-order valence-corrected chi connectivity index (χ2v) is 21.0. The predicted octanol–water partition coefficient (Wildman–Crippen LogP) is 9.68. The Morgan fingerprint density at radius 2 is 1.50 bits per heavy atom. The van der Waals surface area contributed by atoms with Crippen molar-refractivity contribution in [1.82, 2.24) is 15.1 Å². The van der Waals surface area contributed by atoms with Gasteiger partial charge < -0.3 is 43.6 Å². The van der Waals surface area contributed by atoms with Gasteiger partial charge in [0.15, 0.2) is 11.6 Å². The van der Waals surface area contributed by atoms with Crippen molar-refractivity contribution in [2.24, 2.45) is 11.3 Å². The molecule has 20 nitrogen and oxygen atoms in total. The molecule has 2 saturated heterocycles. The number of unbranched alkanes of at least 4 members (excludes halogenated alkanes) is 2. The number of benzene rings is 3. The molecule has 6 atom stereocenters. The van der Waals surface area contributed by atoms with Gasteiger partial charge in [-0.2, -0.15) is 0 Å². The minimum Gasteiger partial charge on any atom is -0.496 e. The molecule has 3 aromatic rings. The molecule has 0 radical (unpaired) electrons. The number of aryl methyl sites for hydroxylation is 2. The van der Waals surface area contributed by atoms with Crippen LogP contribution in [0.5, 0.6) is 11.5 Å². The maximum absolute atomic E-state index is 15.2. The SMILES string of the molecule is CC.CCCN(Cc1ccc(OC)c(C)c1)C(=O)C1C(c2ccc(CCCOc3c(F)ccc(F)c3Cl)cc2)CC23CP(C)CC2N(C(=O)OCCCCO[N+](=O)[O-])C13.O=CNCCOC(=O)OCCCCO[N+](=O)[O-]. The van der Waals surface area contributed by atoms with E-state index in [4.69, 9.17) is 25.8 Å². The molecule has 6 unspecified atom stereocenters. The van der Waals surface area contributed by atoms with Crippen molar-refractivity contribution in [2.45, 2.75) is 104 Å². The number of amides is 3. The molecule has 3 aromatic carbocycles. The smallest absolute Gasteiger partial charge is 0.496 e. The van der Waals surface area contributed by atoms with Crippen LogP contribution in [-0.2, 0) is 46.4 Å². The van der Waals surface area contributed by atoms with Crippen LogP contribution >= 0.6 is 19.5 Å². The minimum absolute atomic E-state index is 0.0159. The number of methoxy groups -OCH3 is 1. The zero-order valence-corrected chi connectivity index (χ0v) is 45.7. The van der Waals surface area contributed by atoms with E-state index in [2.05, 4.69) is 56.3 Å². The number of hydrogen-bond donors (Lipinski definition) is 1. The van der Waals surface area contributed by atoms with Crippen molar-refractivity contribution in [3.05, 3.63) is 114 Å². The summed E-state index contributed by atoms with van der Waals surface area (Å²) < 4.78 is 54.0. The average molecular weight is 1110 g/mol. The molecule has 0 aromatic heterocycles. The number of carbonyl (C=O) groups is 4. The maximum Gasteiger partial charge on any atom is 0.508 e. The molecule has 24 heteroatoms. The van der Waals surface area contributed by atoms with Crippen molar-refractivity contribution in [3.8, 4) is 11.5 Å². The van der Waals surface area contributed by atoms with Crippen molar-refractivity contribution in [2.75, 3.05) is 78.8 Å².